The highest BCUT2D eigenvalue weighted by molar-refractivity contribution is 7.92. The molecule has 0 unspecified atom stereocenters. The predicted molar refractivity (Wildman–Crippen MR) is 95.7 cm³/mol. The van der Waals surface area contributed by atoms with Crippen molar-refractivity contribution in [1.29, 1.82) is 0 Å². The summed E-state index contributed by atoms with van der Waals surface area (Å²) in [4.78, 5) is 0.213. The maximum Gasteiger partial charge on any atom is 0.261 e. The Balaban J connectivity index is 1.84. The van der Waals surface area contributed by atoms with Crippen LogP contribution in [0.15, 0.2) is 83.8 Å². The van der Waals surface area contributed by atoms with E-state index in [0.29, 0.717) is 11.4 Å². The molecule has 0 aliphatic heterocycles. The van der Waals surface area contributed by atoms with Crippen LogP contribution in [-0.2, 0) is 10.0 Å². The minimum Gasteiger partial charge on any atom is -0.497 e. The third-order valence-electron chi connectivity index (χ3n) is 3.59. The van der Waals surface area contributed by atoms with Crippen LogP contribution in [0.4, 0.5) is 5.69 Å². The van der Waals surface area contributed by atoms with Gasteiger partial charge in [-0.05, 0) is 35.4 Å². The molecule has 0 aliphatic rings. The fraction of sp³-hybridized carbons (Fsp3) is 0.0526. The van der Waals surface area contributed by atoms with Crippen molar-refractivity contribution in [2.24, 2.45) is 0 Å². The monoisotopic (exact) mass is 339 g/mol. The van der Waals surface area contributed by atoms with Crippen molar-refractivity contribution in [3.05, 3.63) is 78.9 Å². The summed E-state index contributed by atoms with van der Waals surface area (Å²) in [6.07, 6.45) is 0. The summed E-state index contributed by atoms with van der Waals surface area (Å²) in [6.45, 7) is 0. The molecule has 1 N–H and O–H groups in total. The Morgan fingerprint density at radius 1 is 0.792 bits per heavy atom. The van der Waals surface area contributed by atoms with Crippen LogP contribution in [0.1, 0.15) is 0 Å². The maximum absolute atomic E-state index is 12.5. The molecule has 0 fully saturated rings. The van der Waals surface area contributed by atoms with Gasteiger partial charge in [0.25, 0.3) is 10.0 Å². The Hall–Kier alpha value is -2.79. The molecule has 122 valence electrons. The minimum absolute atomic E-state index is 0.213. The summed E-state index contributed by atoms with van der Waals surface area (Å²) in [6, 6.07) is 23.4. The fourth-order valence-corrected chi connectivity index (χ4v) is 3.41. The van der Waals surface area contributed by atoms with Gasteiger partial charge < -0.3 is 4.74 Å². The van der Waals surface area contributed by atoms with Gasteiger partial charge in [-0.3, -0.25) is 4.72 Å². The van der Waals surface area contributed by atoms with E-state index < -0.39 is 10.0 Å². The molecular formula is C19H17NO3S. The Morgan fingerprint density at radius 3 is 2.12 bits per heavy atom. The Bertz CT molecular complexity index is 920. The zero-order valence-corrected chi connectivity index (χ0v) is 14.0. The highest BCUT2D eigenvalue weighted by Gasteiger charge is 2.14. The standard InChI is InChI=1S/C19H17NO3S/c1-23-18-9-5-8-17(14-18)20-24(21,22)19-12-10-16(11-13-19)15-6-3-2-4-7-15/h2-14,20H,1H3. The van der Waals surface area contributed by atoms with Crippen molar-refractivity contribution in [1.82, 2.24) is 0 Å². The van der Waals surface area contributed by atoms with Gasteiger partial charge in [-0.1, -0.05) is 48.5 Å². The number of anilines is 1. The molecular weight excluding hydrogens is 322 g/mol. The first-order valence-electron chi connectivity index (χ1n) is 7.41. The van der Waals surface area contributed by atoms with Crippen molar-refractivity contribution in [3.63, 3.8) is 0 Å². The largest absolute Gasteiger partial charge is 0.497 e. The average molecular weight is 339 g/mol. The van der Waals surface area contributed by atoms with Crippen LogP contribution in [0, 0.1) is 0 Å². The van der Waals surface area contributed by atoms with E-state index in [1.165, 1.54) is 7.11 Å². The van der Waals surface area contributed by atoms with E-state index in [1.54, 1.807) is 48.5 Å². The molecule has 0 heterocycles. The van der Waals surface area contributed by atoms with Crippen LogP contribution < -0.4 is 9.46 Å². The number of benzene rings is 3. The summed E-state index contributed by atoms with van der Waals surface area (Å²) in [5.41, 5.74) is 2.47. The molecule has 0 saturated carbocycles. The Labute approximate surface area is 141 Å². The van der Waals surface area contributed by atoms with Gasteiger partial charge in [-0.15, -0.1) is 0 Å². The highest BCUT2D eigenvalue weighted by Crippen LogP contribution is 2.23. The second-order valence-electron chi connectivity index (χ2n) is 5.23. The van der Waals surface area contributed by atoms with Gasteiger partial charge in [0, 0.05) is 6.07 Å². The molecule has 0 spiro atoms. The summed E-state index contributed by atoms with van der Waals surface area (Å²) in [5, 5.41) is 0. The van der Waals surface area contributed by atoms with Crippen LogP contribution in [0.3, 0.4) is 0 Å². The lowest BCUT2D eigenvalue weighted by atomic mass is 10.1. The van der Waals surface area contributed by atoms with Crippen molar-refractivity contribution in [2.45, 2.75) is 4.90 Å². The topological polar surface area (TPSA) is 55.4 Å². The summed E-state index contributed by atoms with van der Waals surface area (Å²) < 4.78 is 32.7. The number of hydrogen-bond acceptors (Lipinski definition) is 3. The molecule has 0 aromatic heterocycles. The summed E-state index contributed by atoms with van der Waals surface area (Å²) >= 11 is 0. The van der Waals surface area contributed by atoms with E-state index in [2.05, 4.69) is 4.72 Å². The summed E-state index contributed by atoms with van der Waals surface area (Å²) in [7, 11) is -2.11. The van der Waals surface area contributed by atoms with Crippen molar-refractivity contribution >= 4 is 15.7 Å². The third-order valence-corrected chi connectivity index (χ3v) is 4.99. The van der Waals surface area contributed by atoms with E-state index >= 15 is 0 Å². The van der Waals surface area contributed by atoms with Gasteiger partial charge in [-0.25, -0.2) is 8.42 Å². The Morgan fingerprint density at radius 2 is 1.46 bits per heavy atom. The smallest absolute Gasteiger partial charge is 0.261 e. The number of hydrogen-bond donors (Lipinski definition) is 1. The molecule has 3 rings (SSSR count). The normalized spacial score (nSPS) is 11.0. The number of nitrogens with one attached hydrogen (secondary N) is 1. The predicted octanol–water partition coefficient (Wildman–Crippen LogP) is 4.16. The van der Waals surface area contributed by atoms with Crippen molar-refractivity contribution < 1.29 is 13.2 Å². The molecule has 3 aromatic rings. The second-order valence-corrected chi connectivity index (χ2v) is 6.91. The van der Waals surface area contributed by atoms with Crippen LogP contribution in [-0.4, -0.2) is 15.5 Å². The van der Waals surface area contributed by atoms with Gasteiger partial charge in [0.1, 0.15) is 5.75 Å². The average Bonchev–Trinajstić information content (AvgIpc) is 2.62. The first kappa shape index (κ1) is 16.1. The van der Waals surface area contributed by atoms with Gasteiger partial charge >= 0.3 is 0 Å². The minimum atomic E-state index is -3.64. The van der Waals surface area contributed by atoms with E-state index in [1.807, 2.05) is 30.3 Å². The molecule has 0 saturated heterocycles. The van der Waals surface area contributed by atoms with Gasteiger partial charge in [0.05, 0.1) is 17.7 Å². The molecule has 0 aliphatic carbocycles. The highest BCUT2D eigenvalue weighted by atomic mass is 32.2. The lowest BCUT2D eigenvalue weighted by Crippen LogP contribution is -2.12. The maximum atomic E-state index is 12.5. The van der Waals surface area contributed by atoms with E-state index in [9.17, 15) is 8.42 Å². The first-order valence-corrected chi connectivity index (χ1v) is 8.89. The molecule has 4 nitrogen and oxygen atoms in total. The SMILES string of the molecule is COc1cccc(NS(=O)(=O)c2ccc(-c3ccccc3)cc2)c1. The summed E-state index contributed by atoms with van der Waals surface area (Å²) in [5.74, 6) is 0.592. The molecule has 0 atom stereocenters. The fourth-order valence-electron chi connectivity index (χ4n) is 2.36. The van der Waals surface area contributed by atoms with E-state index in [4.69, 9.17) is 4.74 Å². The second kappa shape index (κ2) is 6.76. The quantitative estimate of drug-likeness (QED) is 0.759. The lowest BCUT2D eigenvalue weighted by Gasteiger charge is -2.10. The molecule has 24 heavy (non-hydrogen) atoms. The van der Waals surface area contributed by atoms with Gasteiger partial charge in [-0.2, -0.15) is 0 Å². The third kappa shape index (κ3) is 3.58. The number of sulfonamides is 1. The molecule has 0 radical (unpaired) electrons. The van der Waals surface area contributed by atoms with Crippen LogP contribution in [0.5, 0.6) is 5.75 Å². The van der Waals surface area contributed by atoms with Crippen LogP contribution >= 0.6 is 0 Å². The van der Waals surface area contributed by atoms with E-state index in [0.717, 1.165) is 11.1 Å². The molecule has 5 heteroatoms. The van der Waals surface area contributed by atoms with E-state index in [-0.39, 0.29) is 4.90 Å². The lowest BCUT2D eigenvalue weighted by molar-refractivity contribution is 0.415. The molecule has 3 aromatic carbocycles. The first-order chi connectivity index (χ1) is 11.6. The number of methoxy groups -OCH3 is 1. The number of rotatable bonds is 5. The zero-order chi connectivity index (χ0) is 17.0. The van der Waals surface area contributed by atoms with Gasteiger partial charge in [0.15, 0.2) is 0 Å². The van der Waals surface area contributed by atoms with Crippen molar-refractivity contribution in [2.75, 3.05) is 11.8 Å². The Kier molecular flexibility index (Phi) is 4.53. The number of ether oxygens (including phenoxy) is 1. The zero-order valence-electron chi connectivity index (χ0n) is 13.1. The van der Waals surface area contributed by atoms with Crippen LogP contribution in [0.2, 0.25) is 0 Å². The van der Waals surface area contributed by atoms with Crippen LogP contribution in [0.25, 0.3) is 11.1 Å². The molecule has 0 bridgehead atoms. The molecule has 0 amide bonds. The van der Waals surface area contributed by atoms with Gasteiger partial charge in [0.2, 0.25) is 0 Å². The van der Waals surface area contributed by atoms with Crippen molar-refractivity contribution in [3.8, 4) is 16.9 Å².